The molecule has 0 N–H and O–H groups in total. The number of hydrogen-bond donors (Lipinski definition) is 0. The number of carbonyl (C=O) groups excluding carboxylic acids is 1. The van der Waals surface area contributed by atoms with Crippen LogP contribution in [0.1, 0.15) is 26.3 Å². The fourth-order valence-corrected chi connectivity index (χ4v) is 1.57. The fourth-order valence-electron chi connectivity index (χ4n) is 1.57. The maximum atomic E-state index is 11.7. The average molecular weight is 260 g/mol. The van der Waals surface area contributed by atoms with Gasteiger partial charge in [-0.2, -0.15) is 0 Å². The molecule has 1 aromatic carbocycles. The highest BCUT2D eigenvalue weighted by atomic mass is 16.5. The highest BCUT2D eigenvalue weighted by molar-refractivity contribution is 5.77. The molecule has 19 heavy (non-hydrogen) atoms. The van der Waals surface area contributed by atoms with E-state index in [2.05, 4.69) is 0 Å². The molecule has 100 valence electrons. The van der Waals surface area contributed by atoms with Crippen LogP contribution in [0.5, 0.6) is 0 Å². The number of esters is 1. The predicted octanol–water partition coefficient (Wildman–Crippen LogP) is 2.88. The van der Waals surface area contributed by atoms with Gasteiger partial charge in [-0.15, -0.1) is 0 Å². The summed E-state index contributed by atoms with van der Waals surface area (Å²) in [7, 11) is 0. The van der Waals surface area contributed by atoms with Gasteiger partial charge in [0.15, 0.2) is 0 Å². The average Bonchev–Trinajstić information content (AvgIpc) is 2.34. The van der Waals surface area contributed by atoms with Crippen LogP contribution in [-0.4, -0.2) is 5.97 Å². The van der Waals surface area contributed by atoms with E-state index < -0.39 is 11.0 Å². The van der Waals surface area contributed by atoms with Gasteiger partial charge < -0.3 is 9.15 Å². The Morgan fingerprint density at radius 1 is 1.26 bits per heavy atom. The highest BCUT2D eigenvalue weighted by Gasteiger charge is 2.23. The summed E-state index contributed by atoms with van der Waals surface area (Å²) < 4.78 is 10.3. The van der Waals surface area contributed by atoms with Gasteiger partial charge in [0.05, 0.1) is 11.0 Å². The third-order valence-corrected chi connectivity index (χ3v) is 2.68. The van der Waals surface area contributed by atoms with Crippen LogP contribution in [0.15, 0.2) is 39.5 Å². The second-order valence-electron chi connectivity index (χ2n) is 5.42. The van der Waals surface area contributed by atoms with Gasteiger partial charge in [-0.3, -0.25) is 4.79 Å². The predicted molar refractivity (Wildman–Crippen MR) is 71.7 cm³/mol. The molecule has 0 radical (unpaired) electrons. The van der Waals surface area contributed by atoms with Crippen molar-refractivity contribution in [3.63, 3.8) is 0 Å². The number of hydrogen-bond acceptors (Lipinski definition) is 4. The Morgan fingerprint density at radius 3 is 2.63 bits per heavy atom. The first kappa shape index (κ1) is 13.3. The molecule has 0 aliphatic rings. The van der Waals surface area contributed by atoms with Crippen LogP contribution in [0.2, 0.25) is 0 Å². The Kier molecular flexibility index (Phi) is 3.42. The maximum Gasteiger partial charge on any atom is 0.342 e. The number of ether oxygens (including phenoxy) is 1. The van der Waals surface area contributed by atoms with Crippen LogP contribution in [0.25, 0.3) is 11.0 Å². The Hall–Kier alpha value is -2.10. The fraction of sp³-hybridized carbons (Fsp3) is 0.333. The molecular weight excluding hydrogens is 244 g/mol. The summed E-state index contributed by atoms with van der Waals surface area (Å²) in [5.41, 5.74) is -0.188. The van der Waals surface area contributed by atoms with Crippen molar-refractivity contribution < 1.29 is 13.9 Å². The quantitative estimate of drug-likeness (QED) is 0.615. The van der Waals surface area contributed by atoms with Gasteiger partial charge in [-0.1, -0.05) is 18.2 Å². The van der Waals surface area contributed by atoms with Gasteiger partial charge in [0, 0.05) is 5.39 Å². The molecule has 4 nitrogen and oxygen atoms in total. The van der Waals surface area contributed by atoms with Crippen LogP contribution >= 0.6 is 0 Å². The van der Waals surface area contributed by atoms with E-state index >= 15 is 0 Å². The summed E-state index contributed by atoms with van der Waals surface area (Å²) >= 11 is 0. The largest absolute Gasteiger partial charge is 0.460 e. The smallest absolute Gasteiger partial charge is 0.342 e. The van der Waals surface area contributed by atoms with Gasteiger partial charge in [-0.05, 0) is 32.9 Å². The van der Waals surface area contributed by atoms with Gasteiger partial charge in [0.2, 0.25) is 0 Å². The van der Waals surface area contributed by atoms with Crippen LogP contribution in [0.3, 0.4) is 0 Å². The molecule has 2 aromatic rings. The summed E-state index contributed by atoms with van der Waals surface area (Å²) in [6.45, 7) is 5.22. The van der Waals surface area contributed by atoms with Gasteiger partial charge in [0.25, 0.3) is 0 Å². The van der Waals surface area contributed by atoms with Crippen LogP contribution in [0.4, 0.5) is 0 Å². The lowest BCUT2D eigenvalue weighted by Gasteiger charge is -2.16. The third-order valence-electron chi connectivity index (χ3n) is 2.68. The lowest BCUT2D eigenvalue weighted by atomic mass is 9.97. The zero-order valence-corrected chi connectivity index (χ0v) is 11.2. The minimum absolute atomic E-state index is 0.0662. The van der Waals surface area contributed by atoms with E-state index in [1.54, 1.807) is 39.0 Å². The van der Waals surface area contributed by atoms with Crippen molar-refractivity contribution >= 4 is 16.9 Å². The molecule has 2 rings (SSSR count). The lowest BCUT2D eigenvalue weighted by molar-refractivity contribution is -0.154. The zero-order chi connectivity index (χ0) is 14.0. The third kappa shape index (κ3) is 3.02. The van der Waals surface area contributed by atoms with Crippen molar-refractivity contribution in [2.45, 2.75) is 27.4 Å². The summed E-state index contributed by atoms with van der Waals surface area (Å²) in [6, 6.07) is 8.91. The Balaban J connectivity index is 2.24. The standard InChI is InChI=1S/C15H16O4/c1-15(2,3)14(17)18-9-11-8-10-6-4-5-7-12(10)19-13(11)16/h4-8H,9H2,1-3H3. The molecule has 0 aliphatic carbocycles. The van der Waals surface area contributed by atoms with E-state index in [1.807, 2.05) is 12.1 Å². The van der Waals surface area contributed by atoms with E-state index in [0.29, 0.717) is 11.1 Å². The number of rotatable bonds is 2. The number of benzene rings is 1. The molecule has 0 amide bonds. The molecule has 0 unspecified atom stereocenters. The van der Waals surface area contributed by atoms with Crippen molar-refractivity contribution in [3.05, 3.63) is 46.3 Å². The first-order valence-corrected chi connectivity index (χ1v) is 6.07. The maximum absolute atomic E-state index is 11.7. The molecule has 0 fully saturated rings. The van der Waals surface area contributed by atoms with E-state index in [9.17, 15) is 9.59 Å². The molecule has 0 saturated heterocycles. The summed E-state index contributed by atoms with van der Waals surface area (Å²) in [4.78, 5) is 23.4. The van der Waals surface area contributed by atoms with Crippen molar-refractivity contribution in [1.29, 1.82) is 0 Å². The summed E-state index contributed by atoms with van der Waals surface area (Å²) in [5, 5.41) is 0.809. The second-order valence-corrected chi connectivity index (χ2v) is 5.42. The van der Waals surface area contributed by atoms with E-state index in [4.69, 9.17) is 9.15 Å². The van der Waals surface area contributed by atoms with Crippen LogP contribution < -0.4 is 5.63 Å². The molecule has 0 atom stereocenters. The van der Waals surface area contributed by atoms with Crippen LogP contribution in [-0.2, 0) is 16.1 Å². The Bertz CT molecular complexity index is 662. The monoisotopic (exact) mass is 260 g/mol. The van der Waals surface area contributed by atoms with Gasteiger partial charge in [0.1, 0.15) is 12.2 Å². The first-order valence-electron chi connectivity index (χ1n) is 6.07. The minimum atomic E-state index is -0.586. The van der Waals surface area contributed by atoms with E-state index in [0.717, 1.165) is 5.39 Å². The molecule has 0 bridgehead atoms. The minimum Gasteiger partial charge on any atom is -0.460 e. The molecule has 0 aliphatic heterocycles. The highest BCUT2D eigenvalue weighted by Crippen LogP contribution is 2.17. The van der Waals surface area contributed by atoms with Crippen molar-refractivity contribution in [2.75, 3.05) is 0 Å². The van der Waals surface area contributed by atoms with Crippen LogP contribution in [0, 0.1) is 5.41 Å². The molecule has 0 spiro atoms. The zero-order valence-electron chi connectivity index (χ0n) is 11.2. The van der Waals surface area contributed by atoms with Gasteiger partial charge in [-0.25, -0.2) is 4.79 Å². The normalized spacial score (nSPS) is 11.5. The molecule has 4 heteroatoms. The molecule has 1 aromatic heterocycles. The molecule has 0 saturated carbocycles. The molecule has 1 heterocycles. The molecular formula is C15H16O4. The SMILES string of the molecule is CC(C)(C)C(=O)OCc1cc2ccccc2oc1=O. The summed E-state index contributed by atoms with van der Waals surface area (Å²) in [5.74, 6) is -0.347. The lowest BCUT2D eigenvalue weighted by Crippen LogP contribution is -2.23. The summed E-state index contributed by atoms with van der Waals surface area (Å²) in [6.07, 6.45) is 0. The van der Waals surface area contributed by atoms with Gasteiger partial charge >= 0.3 is 11.6 Å². The second kappa shape index (κ2) is 4.88. The van der Waals surface area contributed by atoms with Crippen molar-refractivity contribution in [3.8, 4) is 0 Å². The Labute approximate surface area is 111 Å². The van der Waals surface area contributed by atoms with E-state index in [1.165, 1.54) is 0 Å². The number of para-hydroxylation sites is 1. The first-order chi connectivity index (χ1) is 8.88. The topological polar surface area (TPSA) is 56.5 Å². The van der Waals surface area contributed by atoms with Crippen molar-refractivity contribution in [1.82, 2.24) is 0 Å². The van der Waals surface area contributed by atoms with E-state index in [-0.39, 0.29) is 12.6 Å². The number of carbonyl (C=O) groups is 1. The number of fused-ring (bicyclic) bond motifs is 1. The van der Waals surface area contributed by atoms with Crippen molar-refractivity contribution in [2.24, 2.45) is 5.41 Å². The Morgan fingerprint density at radius 2 is 1.95 bits per heavy atom.